The van der Waals surface area contributed by atoms with Gasteiger partial charge in [0.25, 0.3) is 5.56 Å². The number of esters is 1. The zero-order valence-corrected chi connectivity index (χ0v) is 12.9. The molecule has 0 fully saturated rings. The molecule has 0 amide bonds. The van der Waals surface area contributed by atoms with Crippen molar-refractivity contribution in [3.63, 3.8) is 0 Å². The standard InChI is InChI=1S/C17H19NO4/c1-4-15(12-6-5-7-13(10-12)21-3)22-17(20)14-9-8-11(2)18-16(14)19/h5-10,15H,4H2,1-3H3,(H,18,19). The zero-order chi connectivity index (χ0) is 16.1. The van der Waals surface area contributed by atoms with E-state index < -0.39 is 17.6 Å². The third kappa shape index (κ3) is 3.55. The number of methoxy groups -OCH3 is 1. The van der Waals surface area contributed by atoms with Gasteiger partial charge >= 0.3 is 5.97 Å². The Morgan fingerprint density at radius 1 is 1.27 bits per heavy atom. The van der Waals surface area contributed by atoms with Crippen LogP contribution in [0.4, 0.5) is 0 Å². The molecule has 0 spiro atoms. The second-order valence-corrected chi connectivity index (χ2v) is 4.96. The fourth-order valence-electron chi connectivity index (χ4n) is 2.15. The van der Waals surface area contributed by atoms with E-state index >= 15 is 0 Å². The van der Waals surface area contributed by atoms with Crippen LogP contribution in [-0.2, 0) is 4.74 Å². The average molecular weight is 301 g/mol. The van der Waals surface area contributed by atoms with Gasteiger partial charge in [-0.1, -0.05) is 19.1 Å². The molecular weight excluding hydrogens is 282 g/mol. The lowest BCUT2D eigenvalue weighted by atomic mass is 10.1. The van der Waals surface area contributed by atoms with Crippen LogP contribution in [0.25, 0.3) is 0 Å². The highest BCUT2D eigenvalue weighted by atomic mass is 16.5. The van der Waals surface area contributed by atoms with Gasteiger partial charge in [-0.05, 0) is 43.2 Å². The minimum atomic E-state index is -0.629. The Kier molecular flexibility index (Phi) is 4.99. The molecular formula is C17H19NO4. The molecule has 0 radical (unpaired) electrons. The summed E-state index contributed by atoms with van der Waals surface area (Å²) in [6, 6.07) is 10.5. The normalized spacial score (nSPS) is 11.8. The van der Waals surface area contributed by atoms with E-state index in [2.05, 4.69) is 4.98 Å². The average Bonchev–Trinajstić information content (AvgIpc) is 2.52. The molecule has 5 heteroatoms. The van der Waals surface area contributed by atoms with Crippen LogP contribution in [0, 0.1) is 6.92 Å². The third-order valence-corrected chi connectivity index (χ3v) is 3.36. The van der Waals surface area contributed by atoms with Gasteiger partial charge in [-0.15, -0.1) is 0 Å². The van der Waals surface area contributed by atoms with Crippen molar-refractivity contribution in [2.24, 2.45) is 0 Å². The molecule has 2 aromatic rings. The molecule has 1 unspecified atom stereocenters. The number of rotatable bonds is 5. The number of nitrogens with one attached hydrogen (secondary N) is 1. The number of carbonyl (C=O) groups is 1. The largest absolute Gasteiger partial charge is 0.497 e. The molecule has 1 N–H and O–H groups in total. The Bertz CT molecular complexity index is 721. The van der Waals surface area contributed by atoms with Crippen molar-refractivity contribution in [1.29, 1.82) is 0 Å². The van der Waals surface area contributed by atoms with Crippen molar-refractivity contribution >= 4 is 5.97 Å². The molecule has 22 heavy (non-hydrogen) atoms. The Balaban J connectivity index is 2.22. The number of hydrogen-bond donors (Lipinski definition) is 1. The van der Waals surface area contributed by atoms with Crippen LogP contribution in [0.2, 0.25) is 0 Å². The van der Waals surface area contributed by atoms with E-state index in [4.69, 9.17) is 9.47 Å². The van der Waals surface area contributed by atoms with Gasteiger partial charge in [-0.25, -0.2) is 4.79 Å². The van der Waals surface area contributed by atoms with Crippen LogP contribution in [0.3, 0.4) is 0 Å². The minimum absolute atomic E-state index is 0.00643. The first-order valence-corrected chi connectivity index (χ1v) is 7.10. The van der Waals surface area contributed by atoms with Gasteiger partial charge in [0.15, 0.2) is 0 Å². The fourth-order valence-corrected chi connectivity index (χ4v) is 2.15. The summed E-state index contributed by atoms with van der Waals surface area (Å²) in [6.07, 6.45) is 0.172. The monoisotopic (exact) mass is 301 g/mol. The number of aromatic nitrogens is 1. The smallest absolute Gasteiger partial charge is 0.344 e. The Morgan fingerprint density at radius 2 is 2.05 bits per heavy atom. The highest BCUT2D eigenvalue weighted by Crippen LogP contribution is 2.25. The van der Waals surface area contributed by atoms with E-state index in [1.165, 1.54) is 6.07 Å². The topological polar surface area (TPSA) is 68.4 Å². The summed E-state index contributed by atoms with van der Waals surface area (Å²) in [5.41, 5.74) is 1.09. The lowest BCUT2D eigenvalue weighted by Crippen LogP contribution is -2.21. The predicted molar refractivity (Wildman–Crippen MR) is 83.2 cm³/mol. The van der Waals surface area contributed by atoms with Crippen molar-refractivity contribution in [3.05, 3.63) is 63.6 Å². The fraction of sp³-hybridized carbons (Fsp3) is 0.294. The lowest BCUT2D eigenvalue weighted by Gasteiger charge is -2.17. The lowest BCUT2D eigenvalue weighted by molar-refractivity contribution is 0.0285. The molecule has 1 atom stereocenters. The van der Waals surface area contributed by atoms with E-state index in [1.807, 2.05) is 31.2 Å². The van der Waals surface area contributed by atoms with Crippen LogP contribution in [0.1, 0.15) is 41.1 Å². The molecule has 0 aliphatic heterocycles. The maximum atomic E-state index is 12.2. The number of benzene rings is 1. The number of pyridine rings is 1. The summed E-state index contributed by atoms with van der Waals surface area (Å²) in [4.78, 5) is 26.6. The molecule has 116 valence electrons. The number of H-pyrrole nitrogens is 1. The quantitative estimate of drug-likeness (QED) is 0.862. The third-order valence-electron chi connectivity index (χ3n) is 3.36. The second-order valence-electron chi connectivity index (χ2n) is 4.96. The molecule has 2 rings (SSSR count). The molecule has 0 saturated carbocycles. The van der Waals surface area contributed by atoms with E-state index in [9.17, 15) is 9.59 Å². The minimum Gasteiger partial charge on any atom is -0.497 e. The van der Waals surface area contributed by atoms with E-state index in [0.29, 0.717) is 17.9 Å². The Morgan fingerprint density at radius 3 is 2.68 bits per heavy atom. The van der Waals surface area contributed by atoms with Gasteiger partial charge in [0.2, 0.25) is 0 Å². The molecule has 0 saturated heterocycles. The van der Waals surface area contributed by atoms with Crippen molar-refractivity contribution in [3.8, 4) is 5.75 Å². The van der Waals surface area contributed by atoms with Gasteiger partial charge < -0.3 is 14.5 Å². The molecule has 0 aliphatic carbocycles. The van der Waals surface area contributed by atoms with Gasteiger partial charge in [0.05, 0.1) is 7.11 Å². The summed E-state index contributed by atoms with van der Waals surface area (Å²) in [5, 5.41) is 0. The summed E-state index contributed by atoms with van der Waals surface area (Å²) in [7, 11) is 1.58. The predicted octanol–water partition coefficient (Wildman–Crippen LogP) is 3.00. The van der Waals surface area contributed by atoms with Crippen LogP contribution in [0.15, 0.2) is 41.2 Å². The number of carbonyl (C=O) groups excluding carboxylic acids is 1. The van der Waals surface area contributed by atoms with Crippen molar-refractivity contribution in [2.75, 3.05) is 7.11 Å². The van der Waals surface area contributed by atoms with Crippen LogP contribution >= 0.6 is 0 Å². The Labute approximate surface area is 128 Å². The van der Waals surface area contributed by atoms with Crippen LogP contribution in [-0.4, -0.2) is 18.1 Å². The summed E-state index contributed by atoms with van der Waals surface area (Å²) >= 11 is 0. The maximum absolute atomic E-state index is 12.2. The van der Waals surface area contributed by atoms with E-state index in [1.54, 1.807) is 20.1 Å². The molecule has 0 bridgehead atoms. The van der Waals surface area contributed by atoms with Crippen molar-refractivity contribution < 1.29 is 14.3 Å². The number of aromatic amines is 1. The molecule has 1 heterocycles. The molecule has 0 aliphatic rings. The summed E-state index contributed by atoms with van der Waals surface area (Å²) in [5.74, 6) is 0.0658. The van der Waals surface area contributed by atoms with Gasteiger partial charge in [0, 0.05) is 5.69 Å². The van der Waals surface area contributed by atoms with Gasteiger partial charge in [-0.3, -0.25) is 4.79 Å². The number of hydrogen-bond acceptors (Lipinski definition) is 4. The first kappa shape index (κ1) is 15.8. The van der Waals surface area contributed by atoms with Crippen molar-refractivity contribution in [2.45, 2.75) is 26.4 Å². The molecule has 1 aromatic heterocycles. The van der Waals surface area contributed by atoms with Gasteiger partial charge in [-0.2, -0.15) is 0 Å². The van der Waals surface area contributed by atoms with Crippen molar-refractivity contribution in [1.82, 2.24) is 4.98 Å². The summed E-state index contributed by atoms with van der Waals surface area (Å²) < 4.78 is 10.7. The van der Waals surface area contributed by atoms with Gasteiger partial charge in [0.1, 0.15) is 17.4 Å². The Hall–Kier alpha value is -2.56. The number of aryl methyl sites for hydroxylation is 1. The summed E-state index contributed by atoms with van der Waals surface area (Å²) in [6.45, 7) is 3.67. The van der Waals surface area contributed by atoms with E-state index in [0.717, 1.165) is 5.56 Å². The zero-order valence-electron chi connectivity index (χ0n) is 12.9. The number of ether oxygens (including phenoxy) is 2. The van der Waals surface area contributed by atoms with Crippen LogP contribution < -0.4 is 10.3 Å². The second kappa shape index (κ2) is 6.93. The molecule has 1 aromatic carbocycles. The van der Waals surface area contributed by atoms with E-state index in [-0.39, 0.29) is 5.56 Å². The maximum Gasteiger partial charge on any atom is 0.344 e. The highest BCUT2D eigenvalue weighted by molar-refractivity contribution is 5.89. The van der Waals surface area contributed by atoms with Crippen LogP contribution in [0.5, 0.6) is 5.75 Å². The first-order valence-electron chi connectivity index (χ1n) is 7.10. The SMILES string of the molecule is CCC(OC(=O)c1ccc(C)[nH]c1=O)c1cccc(OC)c1. The molecule has 5 nitrogen and oxygen atoms in total. The highest BCUT2D eigenvalue weighted by Gasteiger charge is 2.19. The first-order chi connectivity index (χ1) is 10.5.